The molecule has 1 heterocycles. The van der Waals surface area contributed by atoms with Gasteiger partial charge in [-0.15, -0.1) is 0 Å². The maximum Gasteiger partial charge on any atom is 0.227 e. The molecule has 2 aromatic carbocycles. The van der Waals surface area contributed by atoms with Crippen LogP contribution in [-0.2, 0) is 0 Å². The van der Waals surface area contributed by atoms with Gasteiger partial charge in [-0.05, 0) is 24.3 Å². The first-order valence-corrected chi connectivity index (χ1v) is 6.04. The van der Waals surface area contributed by atoms with Crippen LogP contribution in [0.3, 0.4) is 0 Å². The second kappa shape index (κ2) is 4.10. The van der Waals surface area contributed by atoms with Crippen LogP contribution in [0.1, 0.15) is 0 Å². The first-order chi connectivity index (χ1) is 8.63. The molecular formula is C13H8BrFN2O. The van der Waals surface area contributed by atoms with E-state index in [4.69, 9.17) is 10.2 Å². The number of nitrogen functional groups attached to an aromatic ring is 1. The molecule has 90 valence electrons. The summed E-state index contributed by atoms with van der Waals surface area (Å²) in [5.41, 5.74) is 7.22. The highest BCUT2D eigenvalue weighted by Gasteiger charge is 2.12. The quantitative estimate of drug-likeness (QED) is 0.692. The second-order valence-corrected chi connectivity index (χ2v) is 4.80. The summed E-state index contributed by atoms with van der Waals surface area (Å²) in [6, 6.07) is 10.3. The van der Waals surface area contributed by atoms with Crippen molar-refractivity contribution >= 4 is 32.7 Å². The molecule has 0 radical (unpaired) electrons. The van der Waals surface area contributed by atoms with E-state index in [1.165, 1.54) is 6.07 Å². The molecule has 5 heteroatoms. The van der Waals surface area contributed by atoms with Gasteiger partial charge in [0.05, 0.1) is 0 Å². The van der Waals surface area contributed by atoms with Crippen molar-refractivity contribution in [3.8, 4) is 11.5 Å². The van der Waals surface area contributed by atoms with Gasteiger partial charge in [0.15, 0.2) is 11.4 Å². The fourth-order valence-electron chi connectivity index (χ4n) is 1.76. The SMILES string of the molecule is Nc1cc(F)c2oc(-c3cccc(Br)c3)nc2c1. The largest absolute Gasteiger partial charge is 0.433 e. The Hall–Kier alpha value is -1.88. The lowest BCUT2D eigenvalue weighted by Crippen LogP contribution is -1.86. The van der Waals surface area contributed by atoms with Crippen LogP contribution in [0.5, 0.6) is 0 Å². The maximum absolute atomic E-state index is 13.6. The lowest BCUT2D eigenvalue weighted by atomic mass is 10.2. The van der Waals surface area contributed by atoms with Crippen LogP contribution in [0.15, 0.2) is 45.3 Å². The Balaban J connectivity index is 2.22. The number of benzene rings is 2. The minimum Gasteiger partial charge on any atom is -0.433 e. The molecular weight excluding hydrogens is 299 g/mol. The van der Waals surface area contributed by atoms with Crippen LogP contribution in [0.4, 0.5) is 10.1 Å². The van der Waals surface area contributed by atoms with E-state index in [-0.39, 0.29) is 5.58 Å². The number of rotatable bonds is 1. The zero-order valence-electron chi connectivity index (χ0n) is 9.15. The molecule has 2 N–H and O–H groups in total. The predicted octanol–water partition coefficient (Wildman–Crippen LogP) is 3.98. The number of anilines is 1. The summed E-state index contributed by atoms with van der Waals surface area (Å²) in [6.07, 6.45) is 0. The van der Waals surface area contributed by atoms with E-state index >= 15 is 0 Å². The molecule has 0 aliphatic heterocycles. The third-order valence-electron chi connectivity index (χ3n) is 2.54. The Bertz CT molecular complexity index is 739. The molecule has 3 nitrogen and oxygen atoms in total. The second-order valence-electron chi connectivity index (χ2n) is 3.88. The van der Waals surface area contributed by atoms with Gasteiger partial charge >= 0.3 is 0 Å². The van der Waals surface area contributed by atoms with Gasteiger partial charge in [0.2, 0.25) is 5.89 Å². The average Bonchev–Trinajstić information content (AvgIpc) is 2.73. The molecule has 0 unspecified atom stereocenters. The first-order valence-electron chi connectivity index (χ1n) is 5.25. The lowest BCUT2D eigenvalue weighted by molar-refractivity contribution is 0.564. The highest BCUT2D eigenvalue weighted by Crippen LogP contribution is 2.28. The van der Waals surface area contributed by atoms with E-state index in [1.807, 2.05) is 24.3 Å². The zero-order chi connectivity index (χ0) is 12.7. The summed E-state index contributed by atoms with van der Waals surface area (Å²) in [5.74, 6) is -0.130. The number of nitrogens with two attached hydrogens (primary N) is 1. The number of halogens is 2. The van der Waals surface area contributed by atoms with E-state index in [9.17, 15) is 4.39 Å². The van der Waals surface area contributed by atoms with Crippen molar-refractivity contribution in [2.24, 2.45) is 0 Å². The summed E-state index contributed by atoms with van der Waals surface area (Å²) in [6.45, 7) is 0. The van der Waals surface area contributed by atoms with Gasteiger partial charge in [-0.25, -0.2) is 9.37 Å². The van der Waals surface area contributed by atoms with Gasteiger partial charge in [-0.3, -0.25) is 0 Å². The number of aromatic nitrogens is 1. The van der Waals surface area contributed by atoms with E-state index in [0.717, 1.165) is 10.0 Å². The van der Waals surface area contributed by atoms with E-state index in [2.05, 4.69) is 20.9 Å². The molecule has 0 fully saturated rings. The number of fused-ring (bicyclic) bond motifs is 1. The first kappa shape index (κ1) is 11.2. The molecule has 1 aromatic heterocycles. The number of hydrogen-bond donors (Lipinski definition) is 1. The highest BCUT2D eigenvalue weighted by molar-refractivity contribution is 9.10. The van der Waals surface area contributed by atoms with Gasteiger partial charge in [0, 0.05) is 21.8 Å². The lowest BCUT2D eigenvalue weighted by Gasteiger charge is -1.95. The summed E-state index contributed by atoms with van der Waals surface area (Å²) >= 11 is 3.37. The monoisotopic (exact) mass is 306 g/mol. The summed E-state index contributed by atoms with van der Waals surface area (Å²) in [4.78, 5) is 4.24. The number of nitrogens with zero attached hydrogens (tertiary/aromatic N) is 1. The van der Waals surface area contributed by atoms with Crippen LogP contribution < -0.4 is 5.73 Å². The fourth-order valence-corrected chi connectivity index (χ4v) is 2.16. The van der Waals surface area contributed by atoms with Crippen LogP contribution in [0, 0.1) is 5.82 Å². The highest BCUT2D eigenvalue weighted by atomic mass is 79.9. The Morgan fingerprint density at radius 1 is 1.22 bits per heavy atom. The predicted molar refractivity (Wildman–Crippen MR) is 71.5 cm³/mol. The Kier molecular flexibility index (Phi) is 2.56. The van der Waals surface area contributed by atoms with Gasteiger partial charge in [-0.1, -0.05) is 22.0 Å². The zero-order valence-corrected chi connectivity index (χ0v) is 10.7. The van der Waals surface area contributed by atoms with Gasteiger partial charge < -0.3 is 10.2 Å². The van der Waals surface area contributed by atoms with E-state index in [0.29, 0.717) is 17.1 Å². The van der Waals surface area contributed by atoms with Crippen molar-refractivity contribution in [3.05, 3.63) is 46.7 Å². The van der Waals surface area contributed by atoms with Crippen molar-refractivity contribution in [1.29, 1.82) is 0 Å². The van der Waals surface area contributed by atoms with Gasteiger partial charge in [0.25, 0.3) is 0 Å². The van der Waals surface area contributed by atoms with Crippen LogP contribution in [0.2, 0.25) is 0 Å². The third-order valence-corrected chi connectivity index (χ3v) is 3.03. The average molecular weight is 307 g/mol. The third kappa shape index (κ3) is 1.86. The van der Waals surface area contributed by atoms with Gasteiger partial charge in [-0.2, -0.15) is 0 Å². The number of oxazole rings is 1. The molecule has 0 bridgehead atoms. The molecule has 0 spiro atoms. The fraction of sp³-hybridized carbons (Fsp3) is 0. The van der Waals surface area contributed by atoms with Gasteiger partial charge in [0.1, 0.15) is 5.52 Å². The Morgan fingerprint density at radius 3 is 2.83 bits per heavy atom. The molecule has 3 rings (SSSR count). The van der Waals surface area contributed by atoms with Crippen LogP contribution >= 0.6 is 15.9 Å². The minimum atomic E-state index is -0.501. The molecule has 0 atom stereocenters. The molecule has 0 amide bonds. The van der Waals surface area contributed by atoms with Crippen molar-refractivity contribution in [3.63, 3.8) is 0 Å². The Morgan fingerprint density at radius 2 is 2.06 bits per heavy atom. The molecule has 0 aliphatic rings. The number of hydrogen-bond acceptors (Lipinski definition) is 3. The van der Waals surface area contributed by atoms with Crippen molar-refractivity contribution in [2.75, 3.05) is 5.73 Å². The van der Waals surface area contributed by atoms with Crippen molar-refractivity contribution in [1.82, 2.24) is 4.98 Å². The van der Waals surface area contributed by atoms with Crippen molar-refractivity contribution in [2.45, 2.75) is 0 Å². The summed E-state index contributed by atoms with van der Waals surface area (Å²) in [7, 11) is 0. The molecule has 0 saturated heterocycles. The molecule has 18 heavy (non-hydrogen) atoms. The van der Waals surface area contributed by atoms with Crippen LogP contribution in [-0.4, -0.2) is 4.98 Å². The molecule has 3 aromatic rings. The standard InChI is InChI=1S/C13H8BrFN2O/c14-8-3-1-2-7(4-8)13-17-11-6-9(16)5-10(15)12(11)18-13/h1-6H,16H2. The summed E-state index contributed by atoms with van der Waals surface area (Å²) in [5, 5.41) is 0. The van der Waals surface area contributed by atoms with E-state index in [1.54, 1.807) is 6.07 Å². The molecule has 0 saturated carbocycles. The van der Waals surface area contributed by atoms with Crippen LogP contribution in [0.25, 0.3) is 22.6 Å². The summed E-state index contributed by atoms with van der Waals surface area (Å²) < 4.78 is 20.0. The smallest absolute Gasteiger partial charge is 0.227 e. The van der Waals surface area contributed by atoms with E-state index < -0.39 is 5.82 Å². The minimum absolute atomic E-state index is 0.124. The van der Waals surface area contributed by atoms with Crippen molar-refractivity contribution < 1.29 is 8.81 Å². The topological polar surface area (TPSA) is 52.0 Å². The normalized spacial score (nSPS) is 11.0. The molecule has 0 aliphatic carbocycles. The Labute approximate surface area is 111 Å². The maximum atomic E-state index is 13.6.